The van der Waals surface area contributed by atoms with Gasteiger partial charge in [-0.2, -0.15) is 0 Å². The average Bonchev–Trinajstić information content (AvgIpc) is 2.47. The summed E-state index contributed by atoms with van der Waals surface area (Å²) in [5.41, 5.74) is 0. The minimum Gasteiger partial charge on any atom is -0.306 e. The van der Waals surface area contributed by atoms with Crippen molar-refractivity contribution in [2.75, 3.05) is 26.2 Å². The zero-order valence-corrected chi connectivity index (χ0v) is 14.9. The molecule has 0 aromatic carbocycles. The molecule has 0 fully saturated rings. The predicted octanol–water partition coefficient (Wildman–Crippen LogP) is 4.00. The maximum Gasteiger partial charge on any atom is 0.0573 e. The second-order valence-electron chi connectivity index (χ2n) is 4.88. The molecule has 0 aliphatic heterocycles. The van der Waals surface area contributed by atoms with E-state index >= 15 is 0 Å². The first kappa shape index (κ1) is 25.3. The molecule has 2 N–H and O–H groups in total. The highest BCUT2D eigenvalue weighted by Crippen LogP contribution is 1.97. The van der Waals surface area contributed by atoms with Crippen molar-refractivity contribution in [1.82, 2.24) is 10.6 Å². The van der Waals surface area contributed by atoms with Crippen molar-refractivity contribution < 1.29 is 0 Å². The highest BCUT2D eigenvalue weighted by molar-refractivity contribution is 5.85. The number of nitrogens with one attached hydrogen (secondary N) is 2. The number of unbranched alkanes of at least 4 members (excludes halogenated alkanes) is 6. The van der Waals surface area contributed by atoms with E-state index in [9.17, 15) is 0 Å². The van der Waals surface area contributed by atoms with Crippen LogP contribution in [0.3, 0.4) is 0 Å². The van der Waals surface area contributed by atoms with E-state index in [0.29, 0.717) is 13.1 Å². The summed E-state index contributed by atoms with van der Waals surface area (Å²) in [6.45, 7) is 8.01. The first-order valence-electron chi connectivity index (χ1n) is 8.11. The van der Waals surface area contributed by atoms with Crippen LogP contribution < -0.4 is 10.6 Å². The van der Waals surface area contributed by atoms with E-state index in [-0.39, 0.29) is 12.4 Å². The van der Waals surface area contributed by atoms with Gasteiger partial charge in [0.1, 0.15) is 0 Å². The van der Waals surface area contributed by atoms with Crippen molar-refractivity contribution in [3.05, 3.63) is 0 Å². The summed E-state index contributed by atoms with van der Waals surface area (Å²) in [5.74, 6) is 5.09. The fourth-order valence-electron chi connectivity index (χ4n) is 1.67. The molecule has 0 amide bonds. The first-order valence-corrected chi connectivity index (χ1v) is 8.11. The summed E-state index contributed by atoms with van der Waals surface area (Å²) in [6.07, 6.45) is 20.6. The molecule has 0 aromatic rings. The van der Waals surface area contributed by atoms with Crippen molar-refractivity contribution in [1.29, 1.82) is 0 Å². The van der Waals surface area contributed by atoms with Crippen LogP contribution in [0.1, 0.15) is 65.2 Å². The molecule has 0 atom stereocenters. The zero-order valence-electron chi connectivity index (χ0n) is 14.0. The molecule has 124 valence electrons. The van der Waals surface area contributed by atoms with E-state index in [1.54, 1.807) is 0 Å². The van der Waals surface area contributed by atoms with Crippen LogP contribution in [-0.2, 0) is 0 Å². The van der Waals surface area contributed by atoms with Crippen molar-refractivity contribution >= 4 is 12.4 Å². The van der Waals surface area contributed by atoms with E-state index in [0.717, 1.165) is 13.1 Å². The van der Waals surface area contributed by atoms with Crippen molar-refractivity contribution in [3.63, 3.8) is 0 Å². The van der Waals surface area contributed by atoms with Crippen LogP contribution in [0.2, 0.25) is 0 Å². The third kappa shape index (κ3) is 32.7. The standard InChI is InChI=1S/2C9H17N.ClH/c2*1-3-5-6-7-9-10-8-4-2;/h2*2,10H,3,5-9H2,1H3;1H. The van der Waals surface area contributed by atoms with E-state index in [1.165, 1.54) is 51.4 Å². The lowest BCUT2D eigenvalue weighted by molar-refractivity contribution is 0.623. The summed E-state index contributed by atoms with van der Waals surface area (Å²) < 4.78 is 0. The van der Waals surface area contributed by atoms with Crippen LogP contribution >= 0.6 is 12.4 Å². The Morgan fingerprint density at radius 1 is 0.667 bits per heavy atom. The molecule has 0 aliphatic carbocycles. The number of hydrogen-bond acceptors (Lipinski definition) is 2. The minimum absolute atomic E-state index is 0. The third-order valence-electron chi connectivity index (χ3n) is 2.87. The molecule has 0 radical (unpaired) electrons. The van der Waals surface area contributed by atoms with Gasteiger partial charge in [0.25, 0.3) is 0 Å². The van der Waals surface area contributed by atoms with Gasteiger partial charge in [-0.1, -0.05) is 64.2 Å². The molecule has 0 aliphatic rings. The summed E-state index contributed by atoms with van der Waals surface area (Å²) in [4.78, 5) is 0. The van der Waals surface area contributed by atoms with Gasteiger partial charge < -0.3 is 10.6 Å². The van der Waals surface area contributed by atoms with E-state index in [2.05, 4.69) is 36.3 Å². The van der Waals surface area contributed by atoms with Crippen LogP contribution in [0.5, 0.6) is 0 Å². The Labute approximate surface area is 139 Å². The maximum atomic E-state index is 5.06. The molecule has 0 rings (SSSR count). The smallest absolute Gasteiger partial charge is 0.0573 e. The second kappa shape index (κ2) is 27.6. The van der Waals surface area contributed by atoms with Crippen molar-refractivity contribution in [2.24, 2.45) is 0 Å². The Bertz CT molecular complexity index is 215. The van der Waals surface area contributed by atoms with Gasteiger partial charge in [-0.3, -0.25) is 0 Å². The summed E-state index contributed by atoms with van der Waals surface area (Å²) in [5, 5.41) is 6.32. The molecule has 0 heterocycles. The lowest BCUT2D eigenvalue weighted by Crippen LogP contribution is -2.14. The lowest BCUT2D eigenvalue weighted by Gasteiger charge is -1.98. The predicted molar refractivity (Wildman–Crippen MR) is 98.9 cm³/mol. The fourth-order valence-corrected chi connectivity index (χ4v) is 1.67. The van der Waals surface area contributed by atoms with Gasteiger partial charge in [0.15, 0.2) is 0 Å². The van der Waals surface area contributed by atoms with Gasteiger partial charge in [-0.25, -0.2) is 0 Å². The zero-order chi connectivity index (χ0) is 15.3. The van der Waals surface area contributed by atoms with Crippen molar-refractivity contribution in [2.45, 2.75) is 65.2 Å². The number of halogens is 1. The van der Waals surface area contributed by atoms with Crippen LogP contribution in [-0.4, -0.2) is 26.2 Å². The largest absolute Gasteiger partial charge is 0.306 e. The third-order valence-corrected chi connectivity index (χ3v) is 2.87. The monoisotopic (exact) mass is 314 g/mol. The molecule has 0 bridgehead atoms. The van der Waals surface area contributed by atoms with E-state index in [1.807, 2.05) is 0 Å². The Kier molecular flexibility index (Phi) is 33.3. The Hall–Kier alpha value is -0.670. The van der Waals surface area contributed by atoms with Crippen LogP contribution in [0.15, 0.2) is 0 Å². The molecular weight excluding hydrogens is 280 g/mol. The normalized spacial score (nSPS) is 8.76. The van der Waals surface area contributed by atoms with Gasteiger partial charge in [-0.15, -0.1) is 25.3 Å². The molecule has 0 aromatic heterocycles. The first-order chi connectivity index (χ1) is 9.83. The SMILES string of the molecule is C#CCNCCCCCC.C#CCNCCCCCC.Cl. The maximum absolute atomic E-state index is 5.06. The van der Waals surface area contributed by atoms with Gasteiger partial charge in [0.2, 0.25) is 0 Å². The molecule has 3 heteroatoms. The Morgan fingerprint density at radius 3 is 1.33 bits per heavy atom. The second-order valence-corrected chi connectivity index (χ2v) is 4.88. The van der Waals surface area contributed by atoms with Crippen LogP contribution in [0.4, 0.5) is 0 Å². The van der Waals surface area contributed by atoms with E-state index < -0.39 is 0 Å². The van der Waals surface area contributed by atoms with Crippen molar-refractivity contribution in [3.8, 4) is 24.7 Å². The van der Waals surface area contributed by atoms with Crippen LogP contribution in [0, 0.1) is 24.7 Å². The van der Waals surface area contributed by atoms with E-state index in [4.69, 9.17) is 12.8 Å². The lowest BCUT2D eigenvalue weighted by atomic mass is 10.2. The minimum atomic E-state index is 0. The number of terminal acetylenes is 2. The summed E-state index contributed by atoms with van der Waals surface area (Å²) >= 11 is 0. The molecule has 0 saturated carbocycles. The van der Waals surface area contributed by atoms with Gasteiger partial charge in [0, 0.05) is 0 Å². The number of rotatable bonds is 12. The fraction of sp³-hybridized carbons (Fsp3) is 0.778. The highest BCUT2D eigenvalue weighted by atomic mass is 35.5. The highest BCUT2D eigenvalue weighted by Gasteiger charge is 1.85. The Balaban J connectivity index is -0.000000295. The Morgan fingerprint density at radius 2 is 1.05 bits per heavy atom. The molecule has 0 unspecified atom stereocenters. The summed E-state index contributed by atoms with van der Waals surface area (Å²) in [7, 11) is 0. The van der Waals surface area contributed by atoms with Gasteiger partial charge in [-0.05, 0) is 25.9 Å². The molecular formula is C18H35ClN2. The van der Waals surface area contributed by atoms with Gasteiger partial charge in [0.05, 0.1) is 13.1 Å². The van der Waals surface area contributed by atoms with Crippen LogP contribution in [0.25, 0.3) is 0 Å². The molecule has 21 heavy (non-hydrogen) atoms. The van der Waals surface area contributed by atoms with Gasteiger partial charge >= 0.3 is 0 Å². The summed E-state index contributed by atoms with van der Waals surface area (Å²) in [6, 6.07) is 0. The molecule has 0 spiro atoms. The topological polar surface area (TPSA) is 24.1 Å². The molecule has 0 saturated heterocycles. The quantitative estimate of drug-likeness (QED) is 0.420. The average molecular weight is 315 g/mol. The molecule has 2 nitrogen and oxygen atoms in total. The number of hydrogen-bond donors (Lipinski definition) is 2.